The molecule has 1 aliphatic carbocycles. The minimum atomic E-state index is -3.51. The Kier molecular flexibility index (Phi) is 4.58. The fourth-order valence-corrected chi connectivity index (χ4v) is 5.11. The number of hydrogen-bond acceptors (Lipinski definition) is 6. The van der Waals surface area contributed by atoms with E-state index in [1.807, 2.05) is 0 Å². The van der Waals surface area contributed by atoms with Crippen molar-refractivity contribution in [2.24, 2.45) is 5.73 Å². The normalized spacial score (nSPS) is 21.1. The van der Waals surface area contributed by atoms with Crippen LogP contribution in [0.5, 0.6) is 0 Å². The summed E-state index contributed by atoms with van der Waals surface area (Å²) in [6.45, 7) is 1.15. The summed E-state index contributed by atoms with van der Waals surface area (Å²) < 4.78 is 32.9. The zero-order chi connectivity index (χ0) is 18.2. The predicted octanol–water partition coefficient (Wildman–Crippen LogP) is 2.64. The standard InChI is InChI=1S/C18H24N4O3S/c19-18(9-6-10-18)17-20-16(25-21-17)14-7-5-8-15(13-14)26(23,24)22-11-3-1-2-4-12-22/h5,7-8,13H,1-4,6,9-12,19H2. The van der Waals surface area contributed by atoms with Gasteiger partial charge >= 0.3 is 0 Å². The van der Waals surface area contributed by atoms with Gasteiger partial charge in [0.1, 0.15) is 0 Å². The molecule has 8 heteroatoms. The molecule has 0 bridgehead atoms. The van der Waals surface area contributed by atoms with E-state index in [0.717, 1.165) is 44.9 Å². The highest BCUT2D eigenvalue weighted by atomic mass is 32.2. The third-order valence-corrected chi connectivity index (χ3v) is 7.30. The van der Waals surface area contributed by atoms with Crippen molar-refractivity contribution in [1.29, 1.82) is 0 Å². The molecule has 4 rings (SSSR count). The lowest BCUT2D eigenvalue weighted by Gasteiger charge is -2.34. The number of aromatic nitrogens is 2. The number of sulfonamides is 1. The maximum atomic E-state index is 13.0. The molecule has 0 spiro atoms. The fraction of sp³-hybridized carbons (Fsp3) is 0.556. The van der Waals surface area contributed by atoms with Crippen LogP contribution in [-0.4, -0.2) is 36.0 Å². The van der Waals surface area contributed by atoms with Crippen LogP contribution in [0.2, 0.25) is 0 Å². The Morgan fingerprint density at radius 2 is 1.81 bits per heavy atom. The summed E-state index contributed by atoms with van der Waals surface area (Å²) in [5.74, 6) is 0.809. The zero-order valence-electron chi connectivity index (χ0n) is 14.7. The molecule has 140 valence electrons. The molecule has 1 aromatic heterocycles. The fourth-order valence-electron chi connectivity index (χ4n) is 3.54. The molecular formula is C18H24N4O3S. The summed E-state index contributed by atoms with van der Waals surface area (Å²) >= 11 is 0. The molecule has 7 nitrogen and oxygen atoms in total. The van der Waals surface area contributed by atoms with Gasteiger partial charge in [0.25, 0.3) is 5.89 Å². The summed E-state index contributed by atoms with van der Waals surface area (Å²) in [5.41, 5.74) is 6.34. The molecule has 1 saturated heterocycles. The molecular weight excluding hydrogens is 352 g/mol. The first kappa shape index (κ1) is 17.6. The molecule has 1 saturated carbocycles. The van der Waals surface area contributed by atoms with E-state index in [0.29, 0.717) is 30.4 Å². The molecule has 2 fully saturated rings. The van der Waals surface area contributed by atoms with E-state index in [9.17, 15) is 8.42 Å². The molecule has 2 heterocycles. The van der Waals surface area contributed by atoms with Gasteiger partial charge < -0.3 is 10.3 Å². The molecule has 0 radical (unpaired) electrons. The van der Waals surface area contributed by atoms with E-state index >= 15 is 0 Å². The second kappa shape index (κ2) is 6.75. The quantitative estimate of drug-likeness (QED) is 0.880. The SMILES string of the molecule is NC1(c2noc(-c3cccc(S(=O)(=O)N4CCCCCC4)c3)n2)CCC1. The number of hydrogen-bond donors (Lipinski definition) is 1. The Balaban J connectivity index is 1.62. The summed E-state index contributed by atoms with van der Waals surface area (Å²) in [6, 6.07) is 6.73. The maximum absolute atomic E-state index is 13.0. The topological polar surface area (TPSA) is 102 Å². The Morgan fingerprint density at radius 3 is 2.46 bits per heavy atom. The third kappa shape index (κ3) is 3.17. The van der Waals surface area contributed by atoms with Crippen LogP contribution in [0.1, 0.15) is 50.8 Å². The lowest BCUT2D eigenvalue weighted by atomic mass is 9.77. The number of rotatable bonds is 4. The van der Waals surface area contributed by atoms with Crippen LogP contribution in [0, 0.1) is 0 Å². The molecule has 2 aliphatic rings. The van der Waals surface area contributed by atoms with E-state index < -0.39 is 15.6 Å². The van der Waals surface area contributed by atoms with Gasteiger partial charge in [-0.15, -0.1) is 0 Å². The van der Waals surface area contributed by atoms with Crippen molar-refractivity contribution in [1.82, 2.24) is 14.4 Å². The zero-order valence-corrected chi connectivity index (χ0v) is 15.5. The minimum absolute atomic E-state index is 0.266. The number of benzene rings is 1. The first-order chi connectivity index (χ1) is 12.5. The average Bonchev–Trinajstić information content (AvgIpc) is 2.95. The minimum Gasteiger partial charge on any atom is -0.334 e. The smallest absolute Gasteiger partial charge is 0.258 e. The van der Waals surface area contributed by atoms with Crippen molar-refractivity contribution >= 4 is 10.0 Å². The van der Waals surface area contributed by atoms with E-state index in [2.05, 4.69) is 10.1 Å². The van der Waals surface area contributed by atoms with Gasteiger partial charge in [-0.2, -0.15) is 9.29 Å². The highest BCUT2D eigenvalue weighted by molar-refractivity contribution is 7.89. The molecule has 1 aromatic carbocycles. The van der Waals surface area contributed by atoms with Crippen molar-refractivity contribution in [2.45, 2.75) is 55.4 Å². The van der Waals surface area contributed by atoms with Gasteiger partial charge in [-0.1, -0.05) is 24.1 Å². The van der Waals surface area contributed by atoms with Crippen molar-refractivity contribution in [3.63, 3.8) is 0 Å². The lowest BCUT2D eigenvalue weighted by Crippen LogP contribution is -2.44. The van der Waals surface area contributed by atoms with Crippen LogP contribution in [0.25, 0.3) is 11.5 Å². The van der Waals surface area contributed by atoms with Gasteiger partial charge in [0.05, 0.1) is 10.4 Å². The summed E-state index contributed by atoms with van der Waals surface area (Å²) in [7, 11) is -3.51. The first-order valence-electron chi connectivity index (χ1n) is 9.23. The summed E-state index contributed by atoms with van der Waals surface area (Å²) in [6.07, 6.45) is 6.72. The predicted molar refractivity (Wildman–Crippen MR) is 96.7 cm³/mol. The molecule has 2 aromatic rings. The van der Waals surface area contributed by atoms with Crippen LogP contribution in [0.4, 0.5) is 0 Å². The second-order valence-electron chi connectivity index (χ2n) is 7.28. The van der Waals surface area contributed by atoms with E-state index in [4.69, 9.17) is 10.3 Å². The van der Waals surface area contributed by atoms with Crippen LogP contribution >= 0.6 is 0 Å². The molecule has 0 atom stereocenters. The molecule has 26 heavy (non-hydrogen) atoms. The van der Waals surface area contributed by atoms with E-state index in [1.54, 1.807) is 28.6 Å². The molecule has 0 unspecified atom stereocenters. The Labute approximate surface area is 153 Å². The molecule has 0 amide bonds. The van der Waals surface area contributed by atoms with Gasteiger partial charge in [0.15, 0.2) is 5.82 Å². The van der Waals surface area contributed by atoms with Crippen LogP contribution in [0.15, 0.2) is 33.7 Å². The summed E-state index contributed by atoms with van der Waals surface area (Å²) in [4.78, 5) is 4.68. The third-order valence-electron chi connectivity index (χ3n) is 5.40. The number of nitrogens with zero attached hydrogens (tertiary/aromatic N) is 3. The van der Waals surface area contributed by atoms with E-state index in [1.165, 1.54) is 0 Å². The highest BCUT2D eigenvalue weighted by Crippen LogP contribution is 2.37. The van der Waals surface area contributed by atoms with Crippen LogP contribution in [-0.2, 0) is 15.6 Å². The van der Waals surface area contributed by atoms with Gasteiger partial charge in [-0.3, -0.25) is 0 Å². The van der Waals surface area contributed by atoms with Crippen molar-refractivity contribution in [2.75, 3.05) is 13.1 Å². The van der Waals surface area contributed by atoms with Gasteiger partial charge in [-0.25, -0.2) is 8.42 Å². The highest BCUT2D eigenvalue weighted by Gasteiger charge is 2.39. The van der Waals surface area contributed by atoms with Crippen LogP contribution in [0.3, 0.4) is 0 Å². The van der Waals surface area contributed by atoms with Gasteiger partial charge in [0, 0.05) is 18.7 Å². The Hall–Kier alpha value is -1.77. The van der Waals surface area contributed by atoms with Gasteiger partial charge in [0.2, 0.25) is 10.0 Å². The van der Waals surface area contributed by atoms with Gasteiger partial charge in [-0.05, 0) is 50.3 Å². The molecule has 2 N–H and O–H groups in total. The average molecular weight is 376 g/mol. The molecule has 1 aliphatic heterocycles. The van der Waals surface area contributed by atoms with Crippen molar-refractivity contribution in [3.05, 3.63) is 30.1 Å². The van der Waals surface area contributed by atoms with Crippen LogP contribution < -0.4 is 5.73 Å². The van der Waals surface area contributed by atoms with Crippen molar-refractivity contribution < 1.29 is 12.9 Å². The first-order valence-corrected chi connectivity index (χ1v) is 10.7. The van der Waals surface area contributed by atoms with E-state index in [-0.39, 0.29) is 4.90 Å². The Bertz CT molecular complexity index is 881. The monoisotopic (exact) mass is 376 g/mol. The van der Waals surface area contributed by atoms with Crippen molar-refractivity contribution in [3.8, 4) is 11.5 Å². The summed E-state index contributed by atoms with van der Waals surface area (Å²) in [5, 5.41) is 4.01. The maximum Gasteiger partial charge on any atom is 0.258 e. The Morgan fingerprint density at radius 1 is 1.08 bits per heavy atom. The number of nitrogens with two attached hydrogens (primary N) is 1. The largest absolute Gasteiger partial charge is 0.334 e. The second-order valence-corrected chi connectivity index (χ2v) is 9.22. The lowest BCUT2D eigenvalue weighted by molar-refractivity contribution is 0.229.